The minimum Gasteiger partial charge on any atom is -0.488 e. The van der Waals surface area contributed by atoms with Gasteiger partial charge in [-0.05, 0) is 60.4 Å². The summed E-state index contributed by atoms with van der Waals surface area (Å²) in [5, 5.41) is 3.03. The summed E-state index contributed by atoms with van der Waals surface area (Å²) in [4.78, 5) is 24.6. The third kappa shape index (κ3) is 5.43. The topological polar surface area (TPSA) is 90.7 Å². The highest BCUT2D eigenvalue weighted by atomic mass is 19.1. The summed E-state index contributed by atoms with van der Waals surface area (Å²) in [5.74, 6) is -0.688. The average Bonchev–Trinajstić information content (AvgIpc) is 2.87. The number of halogens is 1. The number of carbonyl (C=O) groups is 2. The molecule has 1 fully saturated rings. The lowest BCUT2D eigenvalue weighted by atomic mass is 9.74. The van der Waals surface area contributed by atoms with Gasteiger partial charge in [-0.2, -0.15) is 0 Å². The molecular weight excluding hydrogens is 435 g/mol. The lowest BCUT2D eigenvalue weighted by Crippen LogP contribution is -2.44. The first kappa shape index (κ1) is 23.4. The number of benzene rings is 3. The summed E-state index contributed by atoms with van der Waals surface area (Å²) in [6.07, 6.45) is 1.40. The average molecular weight is 463 g/mol. The molecule has 34 heavy (non-hydrogen) atoms. The molecule has 176 valence electrons. The first-order chi connectivity index (χ1) is 16.5. The summed E-state index contributed by atoms with van der Waals surface area (Å²) in [6.45, 7) is 1.68. The third-order valence-electron chi connectivity index (χ3n) is 6.21. The van der Waals surface area contributed by atoms with Crippen LogP contribution in [0.25, 0.3) is 0 Å². The third-order valence-corrected chi connectivity index (χ3v) is 6.21. The van der Waals surface area contributed by atoms with Crippen LogP contribution in [0, 0.1) is 5.82 Å². The number of hydrogen-bond acceptors (Lipinski definition) is 4. The molecule has 1 saturated heterocycles. The Morgan fingerprint density at radius 3 is 2.53 bits per heavy atom. The van der Waals surface area contributed by atoms with Gasteiger partial charge in [0.05, 0.1) is 5.56 Å². The van der Waals surface area contributed by atoms with Gasteiger partial charge in [-0.15, -0.1) is 0 Å². The van der Waals surface area contributed by atoms with Crippen LogP contribution in [0.4, 0.5) is 4.39 Å². The molecule has 1 aliphatic rings. The number of carbonyl (C=O) groups excluding carboxylic acids is 2. The number of ether oxygens (including phenoxy) is 2. The van der Waals surface area contributed by atoms with Crippen LogP contribution in [0.15, 0.2) is 72.8 Å². The normalized spacial score (nSPS) is 14.9. The minimum atomic E-state index is -0.566. The van der Waals surface area contributed by atoms with Crippen LogP contribution >= 0.6 is 0 Å². The Morgan fingerprint density at radius 2 is 1.76 bits per heavy atom. The molecule has 6 nitrogen and oxygen atoms in total. The molecule has 3 aromatic rings. The zero-order valence-corrected chi connectivity index (χ0v) is 18.8. The molecular formula is C27H27FN2O4. The molecule has 2 amide bonds. The Labute approximate surface area is 197 Å². The van der Waals surface area contributed by atoms with Gasteiger partial charge in [-0.25, -0.2) is 4.39 Å². The highest BCUT2D eigenvalue weighted by molar-refractivity contribution is 5.95. The van der Waals surface area contributed by atoms with E-state index in [1.807, 2.05) is 12.1 Å². The van der Waals surface area contributed by atoms with Crippen LogP contribution in [0.1, 0.15) is 44.7 Å². The molecule has 0 unspecified atom stereocenters. The predicted octanol–water partition coefficient (Wildman–Crippen LogP) is 3.98. The number of primary amides is 1. The number of nitrogens with two attached hydrogens (primary N) is 1. The molecule has 0 bridgehead atoms. The molecule has 1 heterocycles. The highest BCUT2D eigenvalue weighted by Crippen LogP contribution is 2.34. The van der Waals surface area contributed by atoms with Crippen molar-refractivity contribution in [3.8, 4) is 5.75 Å². The fourth-order valence-corrected chi connectivity index (χ4v) is 4.26. The second kappa shape index (κ2) is 10.5. The van der Waals surface area contributed by atoms with E-state index >= 15 is 0 Å². The summed E-state index contributed by atoms with van der Waals surface area (Å²) in [6, 6.07) is 20.4. The van der Waals surface area contributed by atoms with Crippen molar-refractivity contribution in [3.63, 3.8) is 0 Å². The van der Waals surface area contributed by atoms with E-state index in [1.54, 1.807) is 54.6 Å². The van der Waals surface area contributed by atoms with Crippen LogP contribution in [-0.2, 0) is 16.8 Å². The maximum absolute atomic E-state index is 13.9. The second-order valence-electron chi connectivity index (χ2n) is 8.44. The van der Waals surface area contributed by atoms with Gasteiger partial charge < -0.3 is 20.5 Å². The van der Waals surface area contributed by atoms with E-state index in [9.17, 15) is 14.0 Å². The van der Waals surface area contributed by atoms with Gasteiger partial charge >= 0.3 is 0 Å². The maximum Gasteiger partial charge on any atom is 0.252 e. The van der Waals surface area contributed by atoms with Crippen molar-refractivity contribution in [2.45, 2.75) is 24.9 Å². The first-order valence-corrected chi connectivity index (χ1v) is 11.2. The quantitative estimate of drug-likeness (QED) is 0.530. The number of hydrogen-bond donors (Lipinski definition) is 2. The van der Waals surface area contributed by atoms with Crippen molar-refractivity contribution in [3.05, 3.63) is 101 Å². The van der Waals surface area contributed by atoms with Crippen molar-refractivity contribution in [1.29, 1.82) is 0 Å². The van der Waals surface area contributed by atoms with E-state index < -0.39 is 5.91 Å². The molecule has 0 spiro atoms. The maximum atomic E-state index is 13.9. The zero-order valence-electron chi connectivity index (χ0n) is 18.8. The van der Waals surface area contributed by atoms with Gasteiger partial charge in [0, 0.05) is 30.7 Å². The molecule has 0 radical (unpaired) electrons. The highest BCUT2D eigenvalue weighted by Gasteiger charge is 2.35. The summed E-state index contributed by atoms with van der Waals surface area (Å²) >= 11 is 0. The fraction of sp³-hybridized carbons (Fsp3) is 0.259. The van der Waals surface area contributed by atoms with E-state index in [0.29, 0.717) is 49.5 Å². The Balaban J connectivity index is 1.44. The van der Waals surface area contributed by atoms with Crippen LogP contribution in [0.2, 0.25) is 0 Å². The van der Waals surface area contributed by atoms with Gasteiger partial charge in [-0.3, -0.25) is 9.59 Å². The SMILES string of the molecule is NC(=O)c1ccccc1OCc1cccc(C(=O)NCC2(c3cccc(F)c3)CCOCC2)c1. The van der Waals surface area contributed by atoms with Crippen molar-refractivity contribution in [2.75, 3.05) is 19.8 Å². The lowest BCUT2D eigenvalue weighted by molar-refractivity contribution is 0.0486. The van der Waals surface area contributed by atoms with Gasteiger partial charge in [-0.1, -0.05) is 36.4 Å². The van der Waals surface area contributed by atoms with Crippen molar-refractivity contribution in [1.82, 2.24) is 5.32 Å². The molecule has 0 atom stereocenters. The molecule has 1 aliphatic heterocycles. The van der Waals surface area contributed by atoms with Gasteiger partial charge in [0.1, 0.15) is 18.2 Å². The summed E-state index contributed by atoms with van der Waals surface area (Å²) < 4.78 is 25.2. The van der Waals surface area contributed by atoms with Crippen LogP contribution in [0.5, 0.6) is 5.75 Å². The Morgan fingerprint density at radius 1 is 1.00 bits per heavy atom. The standard InChI is InChI=1S/C27H27FN2O4/c28-22-8-4-7-21(16-22)27(11-13-33-14-12-27)18-30-26(32)20-6-3-5-19(15-20)17-34-24-10-2-1-9-23(24)25(29)31/h1-10,15-16H,11-14,17-18H2,(H2,29,31)(H,30,32). The van der Waals surface area contributed by atoms with E-state index in [0.717, 1.165) is 11.1 Å². The smallest absolute Gasteiger partial charge is 0.252 e. The Hall–Kier alpha value is -3.71. The van der Waals surface area contributed by atoms with E-state index in [2.05, 4.69) is 5.32 Å². The largest absolute Gasteiger partial charge is 0.488 e. The van der Waals surface area contributed by atoms with E-state index in [4.69, 9.17) is 15.2 Å². The van der Waals surface area contributed by atoms with E-state index in [-0.39, 0.29) is 23.7 Å². The van der Waals surface area contributed by atoms with Crippen LogP contribution < -0.4 is 15.8 Å². The molecule has 0 saturated carbocycles. The minimum absolute atomic E-state index is 0.177. The molecule has 7 heteroatoms. The number of para-hydroxylation sites is 1. The van der Waals surface area contributed by atoms with Gasteiger partial charge in [0.15, 0.2) is 0 Å². The van der Waals surface area contributed by atoms with Crippen LogP contribution in [-0.4, -0.2) is 31.6 Å². The monoisotopic (exact) mass is 462 g/mol. The van der Waals surface area contributed by atoms with Gasteiger partial charge in [0.25, 0.3) is 11.8 Å². The summed E-state index contributed by atoms with van der Waals surface area (Å²) in [5.41, 5.74) is 7.46. The molecule has 3 N–H and O–H groups in total. The van der Waals surface area contributed by atoms with Crippen molar-refractivity contribution in [2.24, 2.45) is 5.73 Å². The second-order valence-corrected chi connectivity index (χ2v) is 8.44. The Kier molecular flexibility index (Phi) is 7.23. The van der Waals surface area contributed by atoms with E-state index in [1.165, 1.54) is 6.07 Å². The molecule has 0 aliphatic carbocycles. The Bertz CT molecular complexity index is 1170. The zero-order chi connectivity index (χ0) is 24.0. The summed E-state index contributed by atoms with van der Waals surface area (Å²) in [7, 11) is 0. The molecule has 3 aromatic carbocycles. The molecule has 4 rings (SSSR count). The first-order valence-electron chi connectivity index (χ1n) is 11.2. The van der Waals surface area contributed by atoms with Crippen molar-refractivity contribution < 1.29 is 23.5 Å². The number of amides is 2. The van der Waals surface area contributed by atoms with Crippen LogP contribution in [0.3, 0.4) is 0 Å². The van der Waals surface area contributed by atoms with Gasteiger partial charge in [0.2, 0.25) is 0 Å². The number of rotatable bonds is 8. The lowest BCUT2D eigenvalue weighted by Gasteiger charge is -2.38. The molecule has 0 aromatic heterocycles. The fourth-order valence-electron chi connectivity index (χ4n) is 4.26. The predicted molar refractivity (Wildman–Crippen MR) is 126 cm³/mol. The number of nitrogens with one attached hydrogen (secondary N) is 1. The van der Waals surface area contributed by atoms with Crippen molar-refractivity contribution >= 4 is 11.8 Å².